The van der Waals surface area contributed by atoms with Crippen LogP contribution in [0.25, 0.3) is 0 Å². The van der Waals surface area contributed by atoms with Gasteiger partial charge in [0, 0.05) is 48.5 Å². The number of carboxylic acids is 1. The summed E-state index contributed by atoms with van der Waals surface area (Å²) in [6.07, 6.45) is 27.0. The van der Waals surface area contributed by atoms with Crippen molar-refractivity contribution in [1.29, 1.82) is 0 Å². The summed E-state index contributed by atoms with van der Waals surface area (Å²) in [5.41, 5.74) is 0. The number of carbonyl (C=O) groups excluding carboxylic acids is 4. The van der Waals surface area contributed by atoms with Gasteiger partial charge in [0.25, 0.3) is 0 Å². The third kappa shape index (κ3) is 355. The highest BCUT2D eigenvalue weighted by Gasteiger charge is 1.95. The van der Waals surface area contributed by atoms with Crippen LogP contribution in [-0.4, -0.2) is 70.8 Å². The average Bonchev–Trinajstić information content (AvgIpc) is 3.81. The second-order valence-corrected chi connectivity index (χ2v) is 8.36. The Morgan fingerprint density at radius 2 is 0.826 bits per heavy atom. The Balaban J connectivity index is -0.0000000167. The molecule has 1 N–H and O–H groups in total. The lowest BCUT2D eigenvalue weighted by Gasteiger charge is -1.76. The summed E-state index contributed by atoms with van der Waals surface area (Å²) in [5, 5.41) is 7.72. The molecule has 46 heavy (non-hydrogen) atoms. The topological polar surface area (TPSA) is 124 Å². The lowest BCUT2D eigenvalue weighted by atomic mass is 10.4. The van der Waals surface area contributed by atoms with Crippen molar-refractivity contribution in [2.75, 3.05) is 35.3 Å². The highest BCUT2D eigenvalue weighted by Crippen LogP contribution is 1.98. The molecule has 8 nitrogen and oxygen atoms in total. The fourth-order valence-electron chi connectivity index (χ4n) is 1.02. The highest BCUT2D eigenvalue weighted by molar-refractivity contribution is 14.1. The van der Waals surface area contributed by atoms with Gasteiger partial charge in [-0.25, -0.2) is 9.59 Å². The summed E-state index contributed by atoms with van der Waals surface area (Å²) in [4.78, 5) is 44.9. The maximum absolute atomic E-state index is 9.37. The second-order valence-electron chi connectivity index (χ2n) is 6.20. The van der Waals surface area contributed by atoms with E-state index in [1.54, 1.807) is 6.92 Å². The molecule has 0 aliphatic carbocycles. The normalized spacial score (nSPS) is 8.85. The second kappa shape index (κ2) is 156. The van der Waals surface area contributed by atoms with Crippen LogP contribution in [0.3, 0.4) is 0 Å². The molecule has 2 saturated heterocycles. The Kier molecular flexibility index (Phi) is 307. The molecule has 2 heterocycles. The van der Waals surface area contributed by atoms with Crippen molar-refractivity contribution in [3.63, 3.8) is 0 Å². The fraction of sp³-hybridized carbons (Fsp3) is 0.694. The Hall–Kier alpha value is -1.79. The number of aldehydes is 2. The van der Waals surface area contributed by atoms with Gasteiger partial charge in [-0.2, -0.15) is 0 Å². The number of hydrogen-bond acceptors (Lipinski definition) is 7. The molecule has 0 amide bonds. The predicted molar refractivity (Wildman–Crippen MR) is 229 cm³/mol. The van der Waals surface area contributed by atoms with Gasteiger partial charge in [0.1, 0.15) is 24.5 Å². The van der Waals surface area contributed by atoms with Gasteiger partial charge in [0.15, 0.2) is 0 Å². The molecular weight excluding hydrogens is 812 g/mol. The fourth-order valence-corrected chi connectivity index (χ4v) is 1.02. The number of rotatable bonds is 5. The van der Waals surface area contributed by atoms with Gasteiger partial charge in [-0.05, 0) is 60.5 Å². The minimum absolute atomic E-state index is 0. The molecule has 0 aromatic heterocycles. The molecule has 0 atom stereocenters. The van der Waals surface area contributed by atoms with Crippen molar-refractivity contribution in [3.05, 3.63) is 13.2 Å². The van der Waals surface area contributed by atoms with Crippen LogP contribution < -0.4 is 0 Å². The standard InChI is InChI=1S/2C4H8O.2C3H7I.C3H6O2.2C3H6O.2C2H2O.2C2H2.5CH4.2H2/c2*1-2-4-5-3-1;2*1-2-3-4;1-2-3(4)5;2*1-2-3-4;2*1-2-3;2*1-2;;;;;;;/h2*1-4H2;2*2-3H2,1H3;2H2,1H3,(H,4,5);2*3H,2H2,1H3;2*1H2;2*1-2H;5*1H4;2*1H/i;;;;;;;2*2-1;;;;;;;;;. The van der Waals surface area contributed by atoms with Gasteiger partial charge in [-0.3, -0.25) is 4.79 Å². The van der Waals surface area contributed by atoms with E-state index < -0.39 is 5.97 Å². The summed E-state index contributed by atoms with van der Waals surface area (Å²) in [5.74, 6) is 1.75. The number of terminal acetylenes is 2. The lowest BCUT2D eigenvalue weighted by Crippen LogP contribution is -1.86. The van der Waals surface area contributed by atoms with Gasteiger partial charge in [-0.1, -0.05) is 117 Å². The average molecular weight is 893 g/mol. The van der Waals surface area contributed by atoms with E-state index in [4.69, 9.17) is 24.2 Å². The number of carbonyl (C=O) groups is 3. The molecule has 0 unspecified atom stereocenters. The van der Waals surface area contributed by atoms with E-state index in [1.807, 2.05) is 13.8 Å². The van der Waals surface area contributed by atoms with Crippen LogP contribution in [0.4, 0.5) is 0 Å². The SMILES string of the molecule is C.C.C.C.C.C#C.C#C.C1CCOC1.C1CCOC1.C=[11C]=O.C=[11C]=O.CCC(=O)O.CCC=O.CCC=O.CCCI.CCCI.[HH].[HH]. The first kappa shape index (κ1) is 90.4. The molecule has 0 radical (unpaired) electrons. The maximum atomic E-state index is 9.37. The Morgan fingerprint density at radius 3 is 0.848 bits per heavy atom. The maximum Gasteiger partial charge on any atom is 0.303 e. The molecule has 2 aliphatic rings. The van der Waals surface area contributed by atoms with Crippen LogP contribution in [0.1, 0.15) is 132 Å². The third-order valence-corrected chi connectivity index (χ3v) is 4.83. The van der Waals surface area contributed by atoms with Crippen molar-refractivity contribution in [2.24, 2.45) is 0 Å². The van der Waals surface area contributed by atoms with Crippen LogP contribution >= 0.6 is 45.2 Å². The zero-order chi connectivity index (χ0) is 34.4. The monoisotopic (exact) mass is 892 g/mol. The first-order valence-corrected chi connectivity index (χ1v) is 16.1. The Morgan fingerprint density at radius 1 is 0.696 bits per heavy atom. The lowest BCUT2D eigenvalue weighted by molar-refractivity contribution is -0.136. The molecule has 0 aromatic carbocycles. The van der Waals surface area contributed by atoms with E-state index in [2.05, 4.69) is 97.9 Å². The van der Waals surface area contributed by atoms with Gasteiger partial charge in [0.05, 0.1) is 0 Å². The quantitative estimate of drug-likeness (QED) is 0.0951. The first-order valence-electron chi connectivity index (χ1n) is 13.1. The molecule has 0 bridgehead atoms. The van der Waals surface area contributed by atoms with E-state index in [9.17, 15) is 14.4 Å². The van der Waals surface area contributed by atoms with Crippen molar-refractivity contribution in [2.45, 2.75) is 130 Å². The van der Waals surface area contributed by atoms with Crippen molar-refractivity contribution in [1.82, 2.24) is 0 Å². The Labute approximate surface area is 319 Å². The van der Waals surface area contributed by atoms with E-state index in [-0.39, 0.29) is 46.4 Å². The molecule has 2 fully saturated rings. The third-order valence-electron chi connectivity index (χ3n) is 2.67. The van der Waals surface area contributed by atoms with E-state index in [0.29, 0.717) is 12.8 Å². The first-order chi connectivity index (χ1) is 19.8. The highest BCUT2D eigenvalue weighted by atomic mass is 127. The molecule has 10 heteroatoms. The summed E-state index contributed by atoms with van der Waals surface area (Å²) in [7, 11) is 0. The number of halogens is 2. The van der Waals surface area contributed by atoms with Crippen LogP contribution in [0.5, 0.6) is 0 Å². The van der Waals surface area contributed by atoms with Crippen LogP contribution in [-0.2, 0) is 33.4 Å². The predicted octanol–water partition coefficient (Wildman–Crippen LogP) is 11.1. The number of carboxylic acid groups (broad SMARTS) is 1. The van der Waals surface area contributed by atoms with Crippen molar-refractivity contribution < 1.29 is 41.4 Å². The summed E-state index contributed by atoms with van der Waals surface area (Å²) >= 11 is 4.70. The van der Waals surface area contributed by atoms with Gasteiger partial charge < -0.3 is 24.2 Å². The largest absolute Gasteiger partial charge is 0.481 e. The summed E-state index contributed by atoms with van der Waals surface area (Å²) < 4.78 is 12.5. The minimum atomic E-state index is -0.745. The van der Waals surface area contributed by atoms with Gasteiger partial charge >= 0.3 is 5.97 Å². The van der Waals surface area contributed by atoms with Crippen LogP contribution in [0.15, 0.2) is 13.2 Å². The molecular formula is C36H80I2O8. The zero-order valence-corrected chi connectivity index (χ0v) is 30.4. The van der Waals surface area contributed by atoms with Crippen molar-refractivity contribution in [3.8, 4) is 25.7 Å². The van der Waals surface area contributed by atoms with Gasteiger partial charge in [0.2, 0.25) is 0 Å². The van der Waals surface area contributed by atoms with E-state index in [0.717, 1.165) is 39.0 Å². The van der Waals surface area contributed by atoms with E-state index >= 15 is 0 Å². The van der Waals surface area contributed by atoms with Crippen LogP contribution in [0, 0.1) is 25.7 Å². The Bertz CT molecular complexity index is 471. The molecule has 0 spiro atoms. The number of aliphatic carboxylic acids is 1. The van der Waals surface area contributed by atoms with E-state index in [1.165, 1.54) is 59.3 Å². The molecule has 2 aliphatic heterocycles. The molecule has 2 rings (SSSR count). The number of ether oxygens (including phenoxy) is 2. The number of alkyl halides is 2. The minimum Gasteiger partial charge on any atom is -0.481 e. The van der Waals surface area contributed by atoms with Crippen molar-refractivity contribution >= 4 is 75.6 Å². The molecule has 0 aromatic rings. The summed E-state index contributed by atoms with van der Waals surface area (Å²) in [6, 6.07) is 0. The molecule has 0 saturated carbocycles. The zero-order valence-electron chi connectivity index (χ0n) is 26.0. The number of hydrogen-bond donors (Lipinski definition) is 1. The summed E-state index contributed by atoms with van der Waals surface area (Å²) in [6.45, 7) is 18.9. The van der Waals surface area contributed by atoms with Crippen LogP contribution in [0.2, 0.25) is 0 Å². The molecule has 286 valence electrons. The van der Waals surface area contributed by atoms with Gasteiger partial charge in [-0.15, -0.1) is 25.7 Å². The smallest absolute Gasteiger partial charge is 0.303 e.